The van der Waals surface area contributed by atoms with Crippen LogP contribution in [0.15, 0.2) is 114 Å². The van der Waals surface area contributed by atoms with E-state index in [1.54, 1.807) is 43.5 Å². The van der Waals surface area contributed by atoms with Crippen LogP contribution in [0.3, 0.4) is 0 Å². The summed E-state index contributed by atoms with van der Waals surface area (Å²) in [4.78, 5) is 32.7. The van der Waals surface area contributed by atoms with E-state index in [-0.39, 0.29) is 24.9 Å². The molecule has 0 saturated heterocycles. The summed E-state index contributed by atoms with van der Waals surface area (Å²) in [6, 6.07) is 29.5. The van der Waals surface area contributed by atoms with E-state index in [0.29, 0.717) is 23.0 Å². The normalized spacial score (nSPS) is 10.7. The van der Waals surface area contributed by atoms with E-state index in [9.17, 15) is 9.59 Å². The number of carbonyl (C=O) groups excluding carboxylic acids is 2. The standard InChI is InChI=1S/C30H26N4O4/c1-37-25-16-14-22(15-17-25)27-20-34(24-11-6-3-7-12-24)30(31-27)32-28(35)21-33(19-26-13-8-18-38-26)29(36)23-9-4-2-5-10-23/h2-18,20H,19,21H2,1H3,(H,31,32,35). The number of hydrogen-bond donors (Lipinski definition) is 1. The van der Waals surface area contributed by atoms with E-state index in [0.717, 1.165) is 17.0 Å². The van der Waals surface area contributed by atoms with Crippen molar-refractivity contribution in [2.45, 2.75) is 6.54 Å². The summed E-state index contributed by atoms with van der Waals surface area (Å²) in [6.07, 6.45) is 3.40. The van der Waals surface area contributed by atoms with Gasteiger partial charge in [0.05, 0.1) is 25.6 Å². The van der Waals surface area contributed by atoms with Crippen LogP contribution in [0.1, 0.15) is 16.1 Å². The van der Waals surface area contributed by atoms with E-state index >= 15 is 0 Å². The van der Waals surface area contributed by atoms with Gasteiger partial charge in [-0.15, -0.1) is 0 Å². The summed E-state index contributed by atoms with van der Waals surface area (Å²) in [5.41, 5.74) is 2.87. The molecule has 0 fully saturated rings. The third kappa shape index (κ3) is 5.65. The number of nitrogens with zero attached hydrogens (tertiary/aromatic N) is 3. The highest BCUT2D eigenvalue weighted by molar-refractivity contribution is 5.99. The van der Waals surface area contributed by atoms with E-state index in [1.165, 1.54) is 11.2 Å². The van der Waals surface area contributed by atoms with Gasteiger partial charge < -0.3 is 14.1 Å². The van der Waals surface area contributed by atoms with Gasteiger partial charge >= 0.3 is 0 Å². The van der Waals surface area contributed by atoms with Gasteiger partial charge in [-0.1, -0.05) is 36.4 Å². The molecule has 3 aromatic carbocycles. The number of methoxy groups -OCH3 is 1. The molecule has 5 aromatic rings. The molecule has 2 aromatic heterocycles. The Bertz CT molecular complexity index is 1500. The molecule has 0 aliphatic carbocycles. The number of imidazole rings is 1. The molecule has 0 bridgehead atoms. The summed E-state index contributed by atoms with van der Waals surface area (Å²) in [6.45, 7) is -0.0354. The summed E-state index contributed by atoms with van der Waals surface area (Å²) in [5, 5.41) is 2.90. The van der Waals surface area contributed by atoms with Gasteiger partial charge in [-0.2, -0.15) is 0 Å². The number of benzene rings is 3. The zero-order chi connectivity index (χ0) is 26.3. The van der Waals surface area contributed by atoms with Gasteiger partial charge in [-0.05, 0) is 60.7 Å². The maximum atomic E-state index is 13.3. The Morgan fingerprint density at radius 2 is 1.63 bits per heavy atom. The molecule has 2 heterocycles. The minimum atomic E-state index is -0.384. The highest BCUT2D eigenvalue weighted by Gasteiger charge is 2.22. The largest absolute Gasteiger partial charge is 0.497 e. The third-order valence-electron chi connectivity index (χ3n) is 5.95. The van der Waals surface area contributed by atoms with Crippen LogP contribution in [0.2, 0.25) is 0 Å². The van der Waals surface area contributed by atoms with E-state index in [2.05, 4.69) is 5.32 Å². The topological polar surface area (TPSA) is 89.6 Å². The van der Waals surface area contributed by atoms with Gasteiger partial charge in [0, 0.05) is 23.0 Å². The molecule has 0 aliphatic rings. The Labute approximate surface area is 220 Å². The lowest BCUT2D eigenvalue weighted by molar-refractivity contribution is -0.117. The van der Waals surface area contributed by atoms with Crippen LogP contribution in [-0.2, 0) is 11.3 Å². The van der Waals surface area contributed by atoms with Crippen molar-refractivity contribution < 1.29 is 18.7 Å². The molecule has 0 radical (unpaired) electrons. The van der Waals surface area contributed by atoms with Crippen molar-refractivity contribution in [1.29, 1.82) is 0 Å². The molecule has 38 heavy (non-hydrogen) atoms. The molecule has 0 atom stereocenters. The molecule has 5 rings (SSSR count). The number of hydrogen-bond acceptors (Lipinski definition) is 5. The summed E-state index contributed by atoms with van der Waals surface area (Å²) < 4.78 is 12.5. The van der Waals surface area contributed by atoms with Crippen LogP contribution in [0.25, 0.3) is 16.9 Å². The van der Waals surface area contributed by atoms with Crippen LogP contribution in [0, 0.1) is 0 Å². The lowest BCUT2D eigenvalue weighted by Gasteiger charge is -2.21. The molecule has 0 spiro atoms. The molecule has 190 valence electrons. The highest BCUT2D eigenvalue weighted by Crippen LogP contribution is 2.26. The molecule has 0 aliphatic heterocycles. The van der Waals surface area contributed by atoms with Crippen molar-refractivity contribution in [3.8, 4) is 22.7 Å². The third-order valence-corrected chi connectivity index (χ3v) is 5.95. The molecular formula is C30H26N4O4. The molecular weight excluding hydrogens is 480 g/mol. The maximum absolute atomic E-state index is 13.3. The van der Waals surface area contributed by atoms with Crippen LogP contribution in [0.4, 0.5) is 5.95 Å². The second-order valence-corrected chi connectivity index (χ2v) is 8.54. The van der Waals surface area contributed by atoms with Crippen LogP contribution >= 0.6 is 0 Å². The van der Waals surface area contributed by atoms with E-state index in [4.69, 9.17) is 14.1 Å². The fourth-order valence-electron chi connectivity index (χ4n) is 4.05. The fraction of sp³-hybridized carbons (Fsp3) is 0.100. The predicted octanol–water partition coefficient (Wildman–Crippen LogP) is 5.42. The Morgan fingerprint density at radius 1 is 0.921 bits per heavy atom. The number of anilines is 1. The molecule has 8 nitrogen and oxygen atoms in total. The Balaban J connectivity index is 1.42. The number of nitrogens with one attached hydrogen (secondary N) is 1. The van der Waals surface area contributed by atoms with Crippen molar-refractivity contribution in [1.82, 2.24) is 14.5 Å². The van der Waals surface area contributed by atoms with Gasteiger partial charge in [-0.3, -0.25) is 19.5 Å². The molecule has 2 amide bonds. The second-order valence-electron chi connectivity index (χ2n) is 8.54. The van der Waals surface area contributed by atoms with Crippen molar-refractivity contribution >= 4 is 17.8 Å². The van der Waals surface area contributed by atoms with Crippen LogP contribution < -0.4 is 10.1 Å². The minimum absolute atomic E-state index is 0.151. The number of amides is 2. The monoisotopic (exact) mass is 506 g/mol. The number of para-hydroxylation sites is 1. The quantitative estimate of drug-likeness (QED) is 0.288. The van der Waals surface area contributed by atoms with Gasteiger partial charge in [0.15, 0.2) is 0 Å². The predicted molar refractivity (Wildman–Crippen MR) is 144 cm³/mol. The summed E-state index contributed by atoms with van der Waals surface area (Å²) >= 11 is 0. The Morgan fingerprint density at radius 3 is 2.29 bits per heavy atom. The summed E-state index contributed by atoms with van der Waals surface area (Å²) in [5.74, 6) is 1.00. The second kappa shape index (κ2) is 11.3. The number of ether oxygens (including phenoxy) is 1. The maximum Gasteiger partial charge on any atom is 0.254 e. The average Bonchev–Trinajstić information content (AvgIpc) is 3.63. The van der Waals surface area contributed by atoms with Crippen LogP contribution in [-0.4, -0.2) is 39.9 Å². The SMILES string of the molecule is COc1ccc(-c2cn(-c3ccccc3)c(NC(=O)CN(Cc3ccco3)C(=O)c3ccccc3)n2)cc1. The minimum Gasteiger partial charge on any atom is -0.497 e. The molecule has 1 N–H and O–H groups in total. The van der Waals surface area contributed by atoms with Gasteiger partial charge in [0.25, 0.3) is 5.91 Å². The molecule has 0 unspecified atom stereocenters. The molecule has 0 saturated carbocycles. The first kappa shape index (κ1) is 24.6. The Kier molecular flexibility index (Phi) is 7.31. The summed E-state index contributed by atoms with van der Waals surface area (Å²) in [7, 11) is 1.62. The zero-order valence-electron chi connectivity index (χ0n) is 20.8. The first-order chi connectivity index (χ1) is 18.6. The van der Waals surface area contributed by atoms with Crippen molar-refractivity contribution in [2.75, 3.05) is 19.0 Å². The number of carbonyl (C=O) groups is 2. The number of aromatic nitrogens is 2. The molecule has 8 heteroatoms. The zero-order valence-corrected chi connectivity index (χ0v) is 20.8. The smallest absolute Gasteiger partial charge is 0.254 e. The van der Waals surface area contributed by atoms with Crippen molar-refractivity contribution in [2.24, 2.45) is 0 Å². The van der Waals surface area contributed by atoms with Crippen molar-refractivity contribution in [3.05, 3.63) is 121 Å². The number of rotatable bonds is 9. The first-order valence-corrected chi connectivity index (χ1v) is 12.1. The fourth-order valence-corrected chi connectivity index (χ4v) is 4.05. The van der Waals surface area contributed by atoms with Crippen LogP contribution in [0.5, 0.6) is 5.75 Å². The van der Waals surface area contributed by atoms with Gasteiger partial charge in [-0.25, -0.2) is 4.98 Å². The lowest BCUT2D eigenvalue weighted by Crippen LogP contribution is -2.37. The van der Waals surface area contributed by atoms with E-state index in [1.807, 2.05) is 71.4 Å². The Hall–Kier alpha value is -5.11. The van der Waals surface area contributed by atoms with Gasteiger partial charge in [0.1, 0.15) is 18.1 Å². The van der Waals surface area contributed by atoms with Gasteiger partial charge in [0.2, 0.25) is 11.9 Å². The highest BCUT2D eigenvalue weighted by atomic mass is 16.5. The van der Waals surface area contributed by atoms with Crippen molar-refractivity contribution in [3.63, 3.8) is 0 Å². The number of furan rings is 1. The lowest BCUT2D eigenvalue weighted by atomic mass is 10.1. The average molecular weight is 507 g/mol. The van der Waals surface area contributed by atoms with E-state index < -0.39 is 0 Å². The first-order valence-electron chi connectivity index (χ1n) is 12.1.